The number of halogens is 1. The predicted molar refractivity (Wildman–Crippen MR) is 57.1 cm³/mol. The molecule has 1 atom stereocenters. The van der Waals surface area contributed by atoms with Crippen LogP contribution in [0.3, 0.4) is 0 Å². The lowest BCUT2D eigenvalue weighted by molar-refractivity contribution is 0.0452. The van der Waals surface area contributed by atoms with Crippen LogP contribution in [0.4, 0.5) is 4.39 Å². The Labute approximate surface area is 89.3 Å². The number of aliphatic hydroxyl groups is 1. The molecule has 1 saturated heterocycles. The minimum atomic E-state index is -1.01. The van der Waals surface area contributed by atoms with Crippen molar-refractivity contribution in [1.82, 2.24) is 4.90 Å². The van der Waals surface area contributed by atoms with E-state index in [4.69, 9.17) is 0 Å². The molecule has 1 aliphatic heterocycles. The van der Waals surface area contributed by atoms with Crippen molar-refractivity contribution >= 4 is 0 Å². The van der Waals surface area contributed by atoms with Gasteiger partial charge in [-0.3, -0.25) is 0 Å². The van der Waals surface area contributed by atoms with Crippen LogP contribution in [-0.4, -0.2) is 30.1 Å². The number of likely N-dealkylation sites (N-methyl/N-ethyl adjacent to an activating group) is 1. The lowest BCUT2D eigenvalue weighted by Gasteiger charge is -2.23. The first kappa shape index (κ1) is 10.6. The summed E-state index contributed by atoms with van der Waals surface area (Å²) in [6.07, 6.45) is 0.601. The van der Waals surface area contributed by atoms with Crippen LogP contribution >= 0.6 is 0 Å². The van der Waals surface area contributed by atoms with E-state index in [1.807, 2.05) is 18.9 Å². The molecule has 0 aliphatic carbocycles. The molecule has 3 heteroatoms. The summed E-state index contributed by atoms with van der Waals surface area (Å²) in [5.74, 6) is -0.307. The van der Waals surface area contributed by atoms with Gasteiger partial charge in [0.05, 0.1) is 0 Å². The molecule has 0 aromatic heterocycles. The van der Waals surface area contributed by atoms with Gasteiger partial charge in [0, 0.05) is 18.7 Å². The SMILES string of the molecule is Cc1ccc(F)c(C2(O)CCN(C)C2)c1. The highest BCUT2D eigenvalue weighted by Gasteiger charge is 2.38. The summed E-state index contributed by atoms with van der Waals surface area (Å²) in [7, 11) is 1.94. The molecule has 2 nitrogen and oxygen atoms in total. The zero-order valence-corrected chi connectivity index (χ0v) is 9.13. The molecule has 0 bridgehead atoms. The van der Waals surface area contributed by atoms with Crippen molar-refractivity contribution in [3.63, 3.8) is 0 Å². The lowest BCUT2D eigenvalue weighted by atomic mass is 9.91. The van der Waals surface area contributed by atoms with Crippen molar-refractivity contribution < 1.29 is 9.50 Å². The van der Waals surface area contributed by atoms with Gasteiger partial charge >= 0.3 is 0 Å². The summed E-state index contributed by atoms with van der Waals surface area (Å²) >= 11 is 0. The summed E-state index contributed by atoms with van der Waals surface area (Å²) < 4.78 is 13.6. The van der Waals surface area contributed by atoms with Crippen LogP contribution in [0.1, 0.15) is 17.5 Å². The summed E-state index contributed by atoms with van der Waals surface area (Å²) in [4.78, 5) is 2.02. The van der Waals surface area contributed by atoms with E-state index < -0.39 is 5.60 Å². The number of aryl methyl sites for hydroxylation is 1. The molecule has 1 aromatic carbocycles. The van der Waals surface area contributed by atoms with Gasteiger partial charge < -0.3 is 10.0 Å². The first-order chi connectivity index (χ1) is 7.01. The molecule has 1 N–H and O–H groups in total. The number of hydrogen-bond donors (Lipinski definition) is 1. The minimum absolute atomic E-state index is 0.307. The Bertz CT molecular complexity index is 380. The van der Waals surface area contributed by atoms with E-state index in [9.17, 15) is 9.50 Å². The van der Waals surface area contributed by atoms with E-state index >= 15 is 0 Å². The Kier molecular flexibility index (Phi) is 2.52. The molecule has 82 valence electrons. The van der Waals surface area contributed by atoms with Crippen molar-refractivity contribution in [2.45, 2.75) is 18.9 Å². The summed E-state index contributed by atoms with van der Waals surface area (Å²) in [5.41, 5.74) is 0.409. The van der Waals surface area contributed by atoms with Crippen molar-refractivity contribution in [2.24, 2.45) is 0 Å². The lowest BCUT2D eigenvalue weighted by Crippen LogP contribution is -2.30. The first-order valence-electron chi connectivity index (χ1n) is 5.19. The first-order valence-corrected chi connectivity index (χ1v) is 5.19. The molecule has 0 amide bonds. The van der Waals surface area contributed by atoms with Crippen LogP contribution in [0.2, 0.25) is 0 Å². The summed E-state index contributed by atoms with van der Waals surface area (Å²) in [6, 6.07) is 4.90. The molecule has 1 fully saturated rings. The van der Waals surface area contributed by atoms with Crippen molar-refractivity contribution in [2.75, 3.05) is 20.1 Å². The maximum absolute atomic E-state index is 13.6. The number of hydrogen-bond acceptors (Lipinski definition) is 2. The van der Waals surface area contributed by atoms with E-state index in [2.05, 4.69) is 0 Å². The molecule has 1 aliphatic rings. The van der Waals surface area contributed by atoms with Crippen LogP contribution in [0.5, 0.6) is 0 Å². The van der Waals surface area contributed by atoms with Crippen molar-refractivity contribution in [3.8, 4) is 0 Å². The number of benzene rings is 1. The summed E-state index contributed by atoms with van der Waals surface area (Å²) in [5, 5.41) is 10.4. The quantitative estimate of drug-likeness (QED) is 0.760. The van der Waals surface area contributed by atoms with E-state index in [0.717, 1.165) is 12.1 Å². The number of nitrogens with zero attached hydrogens (tertiary/aromatic N) is 1. The van der Waals surface area contributed by atoms with Gasteiger partial charge in [0.15, 0.2) is 0 Å². The minimum Gasteiger partial charge on any atom is -0.384 e. The fraction of sp³-hybridized carbons (Fsp3) is 0.500. The van der Waals surface area contributed by atoms with Crippen LogP contribution in [0, 0.1) is 12.7 Å². The third kappa shape index (κ3) is 1.90. The highest BCUT2D eigenvalue weighted by molar-refractivity contribution is 5.30. The molecular formula is C12H16FNO. The van der Waals surface area contributed by atoms with E-state index in [-0.39, 0.29) is 5.82 Å². The molecule has 1 unspecified atom stereocenters. The highest BCUT2D eigenvalue weighted by atomic mass is 19.1. The number of likely N-dealkylation sites (tertiary alicyclic amines) is 1. The molecule has 0 saturated carbocycles. The van der Waals surface area contributed by atoms with Gasteiger partial charge in [0.1, 0.15) is 11.4 Å². The average molecular weight is 209 g/mol. The predicted octanol–water partition coefficient (Wildman–Crippen LogP) is 1.66. The summed E-state index contributed by atoms with van der Waals surface area (Å²) in [6.45, 7) is 3.22. The van der Waals surface area contributed by atoms with Gasteiger partial charge in [-0.05, 0) is 26.5 Å². The standard InChI is InChI=1S/C12H16FNO/c1-9-3-4-11(13)10(7-9)12(15)5-6-14(2)8-12/h3-4,7,15H,5-6,8H2,1-2H3. The van der Waals surface area contributed by atoms with Gasteiger partial charge in [-0.2, -0.15) is 0 Å². The van der Waals surface area contributed by atoms with E-state index in [1.165, 1.54) is 6.07 Å². The fourth-order valence-electron chi connectivity index (χ4n) is 2.20. The Hall–Kier alpha value is -0.930. The Morgan fingerprint density at radius 1 is 1.47 bits per heavy atom. The normalized spacial score (nSPS) is 27.2. The molecule has 15 heavy (non-hydrogen) atoms. The topological polar surface area (TPSA) is 23.5 Å². The van der Waals surface area contributed by atoms with Crippen molar-refractivity contribution in [1.29, 1.82) is 0 Å². The second-order valence-corrected chi connectivity index (χ2v) is 4.50. The molecule has 0 radical (unpaired) electrons. The largest absolute Gasteiger partial charge is 0.384 e. The number of rotatable bonds is 1. The molecule has 0 spiro atoms. The van der Waals surface area contributed by atoms with Gasteiger partial charge in [-0.25, -0.2) is 4.39 Å². The molecular weight excluding hydrogens is 193 g/mol. The van der Waals surface area contributed by atoms with Gasteiger partial charge in [-0.1, -0.05) is 17.7 Å². The van der Waals surface area contributed by atoms with Crippen LogP contribution in [0.15, 0.2) is 18.2 Å². The Morgan fingerprint density at radius 2 is 2.20 bits per heavy atom. The maximum Gasteiger partial charge on any atom is 0.129 e. The fourth-order valence-corrected chi connectivity index (χ4v) is 2.20. The van der Waals surface area contributed by atoms with Crippen LogP contribution in [-0.2, 0) is 5.60 Å². The zero-order chi connectivity index (χ0) is 11.1. The molecule has 1 aromatic rings. The monoisotopic (exact) mass is 209 g/mol. The molecule has 2 rings (SSSR count). The van der Waals surface area contributed by atoms with Gasteiger partial charge in [0.2, 0.25) is 0 Å². The van der Waals surface area contributed by atoms with E-state index in [1.54, 1.807) is 12.1 Å². The second kappa shape index (κ2) is 3.58. The van der Waals surface area contributed by atoms with Gasteiger partial charge in [-0.15, -0.1) is 0 Å². The van der Waals surface area contributed by atoms with Crippen LogP contribution < -0.4 is 0 Å². The smallest absolute Gasteiger partial charge is 0.129 e. The highest BCUT2D eigenvalue weighted by Crippen LogP contribution is 2.33. The second-order valence-electron chi connectivity index (χ2n) is 4.50. The third-order valence-corrected chi connectivity index (χ3v) is 3.06. The zero-order valence-electron chi connectivity index (χ0n) is 9.13. The van der Waals surface area contributed by atoms with Gasteiger partial charge in [0.25, 0.3) is 0 Å². The Morgan fingerprint density at radius 3 is 2.80 bits per heavy atom. The van der Waals surface area contributed by atoms with E-state index in [0.29, 0.717) is 18.5 Å². The maximum atomic E-state index is 13.6. The van der Waals surface area contributed by atoms with Crippen LogP contribution in [0.25, 0.3) is 0 Å². The third-order valence-electron chi connectivity index (χ3n) is 3.06. The number of β-amino-alcohol motifs (C(OH)–C–C–N with tert-alkyl or cyclic N) is 1. The van der Waals surface area contributed by atoms with Crippen molar-refractivity contribution in [3.05, 3.63) is 35.1 Å². The molecule has 1 heterocycles. The Balaban J connectivity index is 2.40. The average Bonchev–Trinajstić information content (AvgIpc) is 2.52.